The molecule has 6 nitrogen and oxygen atoms in total. The summed E-state index contributed by atoms with van der Waals surface area (Å²) in [6, 6.07) is 0. The lowest BCUT2D eigenvalue weighted by Gasteiger charge is -2.04. The predicted molar refractivity (Wildman–Crippen MR) is 57.6 cm³/mol. The molecule has 84 valence electrons. The van der Waals surface area contributed by atoms with Crippen LogP contribution in [0.4, 0.5) is 5.82 Å². The summed E-state index contributed by atoms with van der Waals surface area (Å²) >= 11 is 0. The highest BCUT2D eigenvalue weighted by Crippen LogP contribution is 2.14. The Bertz CT molecular complexity index is 475. The van der Waals surface area contributed by atoms with Crippen LogP contribution in [-0.4, -0.2) is 24.7 Å². The van der Waals surface area contributed by atoms with E-state index >= 15 is 0 Å². The molecule has 1 heterocycles. The number of nitrogens with one attached hydrogen (secondary N) is 1. The largest absolute Gasteiger partial charge is 0.381 e. The lowest BCUT2D eigenvalue weighted by molar-refractivity contribution is 0.585. The zero-order chi connectivity index (χ0) is 11.6. The molecule has 1 aromatic heterocycles. The second kappa shape index (κ2) is 4.03. The predicted octanol–water partition coefficient (Wildman–Crippen LogP) is -0.143. The van der Waals surface area contributed by atoms with Crippen LogP contribution < -0.4 is 10.5 Å². The number of nitrogens with two attached hydrogens (primary N) is 1. The Morgan fingerprint density at radius 2 is 2.33 bits per heavy atom. The van der Waals surface area contributed by atoms with Gasteiger partial charge in [0.05, 0.1) is 0 Å². The summed E-state index contributed by atoms with van der Waals surface area (Å²) in [5.41, 5.74) is 6.18. The Hall–Kier alpha value is -1.34. The van der Waals surface area contributed by atoms with E-state index in [1.54, 1.807) is 14.0 Å². The molecular weight excluding hydrogens is 216 g/mol. The molecule has 7 heteroatoms. The fourth-order valence-corrected chi connectivity index (χ4v) is 2.19. The molecule has 0 spiro atoms. The van der Waals surface area contributed by atoms with Crippen LogP contribution in [0, 0.1) is 0 Å². The van der Waals surface area contributed by atoms with E-state index in [0.29, 0.717) is 0 Å². The van der Waals surface area contributed by atoms with Crippen LogP contribution in [0.2, 0.25) is 0 Å². The second-order valence-corrected chi connectivity index (χ2v) is 5.07. The van der Waals surface area contributed by atoms with Gasteiger partial charge in [0.2, 0.25) is 10.0 Å². The van der Waals surface area contributed by atoms with Crippen molar-refractivity contribution in [2.45, 2.75) is 11.8 Å². The lowest BCUT2D eigenvalue weighted by atomic mass is 10.4. The van der Waals surface area contributed by atoms with Gasteiger partial charge in [-0.1, -0.05) is 12.2 Å². The normalized spacial score (nSPS) is 11.6. The number of hydrogen-bond acceptors (Lipinski definition) is 4. The van der Waals surface area contributed by atoms with Crippen LogP contribution in [0.1, 0.15) is 6.92 Å². The third-order valence-electron chi connectivity index (χ3n) is 1.68. The maximum absolute atomic E-state index is 11.7. The van der Waals surface area contributed by atoms with Crippen molar-refractivity contribution in [1.82, 2.24) is 14.5 Å². The van der Waals surface area contributed by atoms with Crippen LogP contribution in [-0.2, 0) is 17.1 Å². The Labute approximate surface area is 88.8 Å². The maximum Gasteiger partial charge on any atom is 0.246 e. The van der Waals surface area contributed by atoms with Gasteiger partial charge in [-0.05, 0) is 6.92 Å². The van der Waals surface area contributed by atoms with Crippen molar-refractivity contribution in [3.8, 4) is 0 Å². The number of sulfonamides is 1. The Morgan fingerprint density at radius 1 is 1.73 bits per heavy atom. The standard InChI is InChI=1S/C8H14N4O2S/c1-6(2)4-10-15(13,14)7-5-12(3)11-8(7)9/h5,10H,1,4H2,2-3H3,(H2,9,11). The highest BCUT2D eigenvalue weighted by atomic mass is 32.2. The van der Waals surface area contributed by atoms with Gasteiger partial charge in [-0.15, -0.1) is 0 Å². The van der Waals surface area contributed by atoms with Crippen LogP contribution in [0.25, 0.3) is 0 Å². The van der Waals surface area contributed by atoms with Crippen molar-refractivity contribution in [3.05, 3.63) is 18.3 Å². The Balaban J connectivity index is 2.96. The molecule has 0 fully saturated rings. The first-order chi connectivity index (χ1) is 6.83. The lowest BCUT2D eigenvalue weighted by Crippen LogP contribution is -2.25. The summed E-state index contributed by atoms with van der Waals surface area (Å²) in [4.78, 5) is -0.00810. The summed E-state index contributed by atoms with van der Waals surface area (Å²) in [5.74, 6) is -0.00767. The molecule has 0 atom stereocenters. The van der Waals surface area contributed by atoms with Gasteiger partial charge in [0.1, 0.15) is 4.90 Å². The molecule has 15 heavy (non-hydrogen) atoms. The third kappa shape index (κ3) is 2.80. The SMILES string of the molecule is C=C(C)CNS(=O)(=O)c1cn(C)nc1N. The van der Waals surface area contributed by atoms with Gasteiger partial charge in [0.15, 0.2) is 5.82 Å². The Morgan fingerprint density at radius 3 is 2.73 bits per heavy atom. The molecule has 3 N–H and O–H groups in total. The number of aryl methyl sites for hydroxylation is 1. The van der Waals surface area contributed by atoms with Crippen molar-refractivity contribution in [2.24, 2.45) is 7.05 Å². The van der Waals surface area contributed by atoms with Gasteiger partial charge in [-0.3, -0.25) is 4.68 Å². The highest BCUT2D eigenvalue weighted by molar-refractivity contribution is 7.89. The van der Waals surface area contributed by atoms with Crippen LogP contribution in [0.5, 0.6) is 0 Å². The summed E-state index contributed by atoms with van der Waals surface area (Å²) in [6.45, 7) is 5.52. The summed E-state index contributed by atoms with van der Waals surface area (Å²) < 4.78 is 27.1. The van der Waals surface area contributed by atoms with Crippen LogP contribution in [0.15, 0.2) is 23.2 Å². The van der Waals surface area contributed by atoms with Crippen molar-refractivity contribution in [2.75, 3.05) is 12.3 Å². The fourth-order valence-electron chi connectivity index (χ4n) is 0.987. The topological polar surface area (TPSA) is 90.0 Å². The summed E-state index contributed by atoms with van der Waals surface area (Å²) in [5, 5.41) is 3.76. The van der Waals surface area contributed by atoms with E-state index in [0.717, 1.165) is 5.57 Å². The first-order valence-electron chi connectivity index (χ1n) is 4.26. The molecule has 0 bridgehead atoms. The molecule has 0 aliphatic rings. The van der Waals surface area contributed by atoms with Crippen molar-refractivity contribution < 1.29 is 8.42 Å². The van der Waals surface area contributed by atoms with E-state index in [4.69, 9.17) is 5.73 Å². The highest BCUT2D eigenvalue weighted by Gasteiger charge is 2.19. The quantitative estimate of drug-likeness (QED) is 0.704. The molecule has 0 aromatic carbocycles. The molecule has 0 unspecified atom stereocenters. The van der Waals surface area contributed by atoms with Crippen molar-refractivity contribution in [1.29, 1.82) is 0 Å². The molecule has 0 amide bonds. The molecule has 0 aliphatic carbocycles. The number of anilines is 1. The second-order valence-electron chi connectivity index (χ2n) is 3.33. The van der Waals surface area contributed by atoms with Gasteiger partial charge in [0.25, 0.3) is 0 Å². The van der Waals surface area contributed by atoms with E-state index in [1.807, 2.05) is 0 Å². The molecule has 1 aromatic rings. The van der Waals surface area contributed by atoms with Gasteiger partial charge in [-0.2, -0.15) is 5.10 Å². The monoisotopic (exact) mass is 230 g/mol. The summed E-state index contributed by atoms with van der Waals surface area (Å²) in [7, 11) is -1.98. The van der Waals surface area contributed by atoms with E-state index in [9.17, 15) is 8.42 Å². The first kappa shape index (κ1) is 11.7. The summed E-state index contributed by atoms with van der Waals surface area (Å²) in [6.07, 6.45) is 1.36. The first-order valence-corrected chi connectivity index (χ1v) is 5.74. The number of hydrogen-bond donors (Lipinski definition) is 2. The van der Waals surface area contributed by atoms with Gasteiger partial charge in [0, 0.05) is 19.8 Å². The Kier molecular flexibility index (Phi) is 3.15. The van der Waals surface area contributed by atoms with Gasteiger partial charge >= 0.3 is 0 Å². The molecule has 0 saturated heterocycles. The van der Waals surface area contributed by atoms with Gasteiger partial charge in [-0.25, -0.2) is 13.1 Å². The molecule has 0 radical (unpaired) electrons. The number of rotatable bonds is 4. The molecule has 1 rings (SSSR count). The van der Waals surface area contributed by atoms with E-state index in [2.05, 4.69) is 16.4 Å². The van der Waals surface area contributed by atoms with Gasteiger partial charge < -0.3 is 5.73 Å². The van der Waals surface area contributed by atoms with E-state index in [1.165, 1.54) is 10.9 Å². The van der Waals surface area contributed by atoms with Crippen molar-refractivity contribution in [3.63, 3.8) is 0 Å². The molecule has 0 saturated carbocycles. The number of nitrogens with zero attached hydrogens (tertiary/aromatic N) is 2. The van der Waals surface area contributed by atoms with Crippen LogP contribution in [0.3, 0.4) is 0 Å². The fraction of sp³-hybridized carbons (Fsp3) is 0.375. The third-order valence-corrected chi connectivity index (χ3v) is 3.09. The van der Waals surface area contributed by atoms with Crippen LogP contribution >= 0.6 is 0 Å². The molecular formula is C8H14N4O2S. The number of nitrogen functional groups attached to an aromatic ring is 1. The minimum Gasteiger partial charge on any atom is -0.381 e. The van der Waals surface area contributed by atoms with Crippen molar-refractivity contribution >= 4 is 15.8 Å². The zero-order valence-corrected chi connectivity index (χ0v) is 9.50. The maximum atomic E-state index is 11.7. The smallest absolute Gasteiger partial charge is 0.246 e. The minimum atomic E-state index is -3.58. The average Bonchev–Trinajstić information content (AvgIpc) is 2.43. The minimum absolute atomic E-state index is 0.00767. The zero-order valence-electron chi connectivity index (χ0n) is 8.69. The number of aromatic nitrogens is 2. The van der Waals surface area contributed by atoms with E-state index < -0.39 is 10.0 Å². The average molecular weight is 230 g/mol. The molecule has 0 aliphatic heterocycles. The van der Waals surface area contributed by atoms with E-state index in [-0.39, 0.29) is 17.3 Å².